The van der Waals surface area contributed by atoms with Gasteiger partial charge in [-0.3, -0.25) is 4.79 Å². The number of hydrogen-bond acceptors (Lipinski definition) is 3. The Morgan fingerprint density at radius 3 is 2.94 bits per heavy atom. The van der Waals surface area contributed by atoms with E-state index in [1.165, 1.54) is 19.1 Å². The summed E-state index contributed by atoms with van der Waals surface area (Å²) in [4.78, 5) is 10.5. The molecule has 0 bridgehead atoms. The van der Waals surface area contributed by atoms with Crippen molar-refractivity contribution in [3.05, 3.63) is 35.1 Å². The van der Waals surface area contributed by atoms with Crippen molar-refractivity contribution >= 4 is 5.97 Å². The minimum Gasteiger partial charge on any atom is -0.480 e. The van der Waals surface area contributed by atoms with Crippen LogP contribution in [0.15, 0.2) is 18.2 Å². The third-order valence-electron chi connectivity index (χ3n) is 2.17. The van der Waals surface area contributed by atoms with Gasteiger partial charge in [-0.15, -0.1) is 0 Å². The van der Waals surface area contributed by atoms with Crippen molar-refractivity contribution in [2.24, 2.45) is 0 Å². The predicted molar refractivity (Wildman–Crippen MR) is 55.1 cm³/mol. The Hall–Kier alpha value is -1.93. The molecule has 2 N–H and O–H groups in total. The number of nitrogens with one attached hydrogen (secondary N) is 1. The van der Waals surface area contributed by atoms with Gasteiger partial charge in [-0.2, -0.15) is 5.26 Å². The van der Waals surface area contributed by atoms with Crippen LogP contribution in [0.4, 0.5) is 4.39 Å². The third kappa shape index (κ3) is 2.78. The van der Waals surface area contributed by atoms with Crippen LogP contribution in [0.5, 0.6) is 0 Å². The molecule has 0 saturated carbocycles. The molecule has 1 aromatic carbocycles. The third-order valence-corrected chi connectivity index (χ3v) is 2.17. The molecule has 0 aliphatic carbocycles. The van der Waals surface area contributed by atoms with E-state index in [4.69, 9.17) is 10.4 Å². The van der Waals surface area contributed by atoms with E-state index in [0.29, 0.717) is 0 Å². The quantitative estimate of drug-likeness (QED) is 0.804. The Kier molecular flexibility index (Phi) is 3.97. The molecule has 16 heavy (non-hydrogen) atoms. The van der Waals surface area contributed by atoms with E-state index in [1.807, 2.05) is 0 Å². The van der Waals surface area contributed by atoms with Crippen LogP contribution in [0.3, 0.4) is 0 Å². The summed E-state index contributed by atoms with van der Waals surface area (Å²) in [7, 11) is 0. The second-order valence-electron chi connectivity index (χ2n) is 3.33. The summed E-state index contributed by atoms with van der Waals surface area (Å²) in [5, 5.41) is 19.9. The van der Waals surface area contributed by atoms with Crippen LogP contribution >= 0.6 is 0 Å². The van der Waals surface area contributed by atoms with Gasteiger partial charge in [0.1, 0.15) is 17.9 Å². The molecule has 4 nitrogen and oxygen atoms in total. The van der Waals surface area contributed by atoms with Crippen molar-refractivity contribution in [3.8, 4) is 6.07 Å². The fourth-order valence-corrected chi connectivity index (χ4v) is 1.15. The number of aliphatic carboxylic acids is 1. The first kappa shape index (κ1) is 12.1. The number of hydrogen-bond donors (Lipinski definition) is 2. The van der Waals surface area contributed by atoms with Gasteiger partial charge in [0, 0.05) is 12.1 Å². The standard InChI is InChI=1S/C11H11FN2O2/c1-7(11(15)16)14-6-9-4-2-3-8(5-13)10(9)12/h2-4,7,14H,6H2,1H3,(H,15,16)/t7-/m1/s1. The maximum Gasteiger partial charge on any atom is 0.320 e. The molecule has 1 atom stereocenters. The monoisotopic (exact) mass is 222 g/mol. The van der Waals surface area contributed by atoms with Crippen molar-refractivity contribution in [2.45, 2.75) is 19.5 Å². The molecule has 0 spiro atoms. The molecule has 5 heteroatoms. The molecule has 0 heterocycles. The molecule has 1 rings (SSSR count). The molecule has 0 amide bonds. The summed E-state index contributed by atoms with van der Waals surface area (Å²) in [6.45, 7) is 1.54. The van der Waals surface area contributed by atoms with E-state index in [2.05, 4.69) is 5.32 Å². The van der Waals surface area contributed by atoms with E-state index in [9.17, 15) is 9.18 Å². The Morgan fingerprint density at radius 1 is 1.69 bits per heavy atom. The topological polar surface area (TPSA) is 73.1 Å². The van der Waals surface area contributed by atoms with Gasteiger partial charge in [0.15, 0.2) is 0 Å². The number of benzene rings is 1. The zero-order valence-corrected chi connectivity index (χ0v) is 8.70. The summed E-state index contributed by atoms with van der Waals surface area (Å²) in [5.41, 5.74) is 0.245. The molecule has 0 radical (unpaired) electrons. The average Bonchev–Trinajstić information content (AvgIpc) is 2.27. The number of carbonyl (C=O) groups is 1. The molecule has 0 aromatic heterocycles. The number of nitriles is 1. The minimum atomic E-state index is -1.00. The van der Waals surface area contributed by atoms with Crippen LogP contribution in [0, 0.1) is 17.1 Å². The maximum absolute atomic E-state index is 13.5. The van der Waals surface area contributed by atoms with Gasteiger partial charge in [0.25, 0.3) is 0 Å². The van der Waals surface area contributed by atoms with Crippen molar-refractivity contribution < 1.29 is 14.3 Å². The van der Waals surface area contributed by atoms with Crippen LogP contribution in [-0.4, -0.2) is 17.1 Å². The summed E-state index contributed by atoms with van der Waals surface area (Å²) in [6.07, 6.45) is 0. The minimum absolute atomic E-state index is 0.0396. The number of carboxylic acid groups (broad SMARTS) is 1. The molecule has 0 aliphatic heterocycles. The number of carboxylic acids is 1. The summed E-state index contributed by atoms with van der Waals surface area (Å²) >= 11 is 0. The fraction of sp³-hybridized carbons (Fsp3) is 0.273. The van der Waals surface area contributed by atoms with E-state index in [-0.39, 0.29) is 17.7 Å². The molecule has 0 fully saturated rings. The van der Waals surface area contributed by atoms with Crippen LogP contribution in [0.2, 0.25) is 0 Å². The lowest BCUT2D eigenvalue weighted by molar-refractivity contribution is -0.139. The van der Waals surface area contributed by atoms with E-state index < -0.39 is 17.8 Å². The van der Waals surface area contributed by atoms with Crippen molar-refractivity contribution in [1.82, 2.24) is 5.32 Å². The smallest absolute Gasteiger partial charge is 0.320 e. The largest absolute Gasteiger partial charge is 0.480 e. The highest BCUT2D eigenvalue weighted by molar-refractivity contribution is 5.72. The molecule has 0 unspecified atom stereocenters. The van der Waals surface area contributed by atoms with Crippen molar-refractivity contribution in [1.29, 1.82) is 5.26 Å². The molecular weight excluding hydrogens is 211 g/mol. The van der Waals surface area contributed by atoms with Crippen LogP contribution in [-0.2, 0) is 11.3 Å². The zero-order chi connectivity index (χ0) is 12.1. The molecular formula is C11H11FN2O2. The summed E-state index contributed by atoms with van der Waals surface area (Å²) < 4.78 is 13.5. The average molecular weight is 222 g/mol. The highest BCUT2D eigenvalue weighted by atomic mass is 19.1. The van der Waals surface area contributed by atoms with Gasteiger partial charge >= 0.3 is 5.97 Å². The fourth-order valence-electron chi connectivity index (χ4n) is 1.15. The van der Waals surface area contributed by atoms with Gasteiger partial charge in [-0.05, 0) is 13.0 Å². The van der Waals surface area contributed by atoms with Gasteiger partial charge in [-0.25, -0.2) is 4.39 Å². The first-order chi connectivity index (χ1) is 7.56. The highest BCUT2D eigenvalue weighted by Gasteiger charge is 2.12. The number of halogens is 1. The highest BCUT2D eigenvalue weighted by Crippen LogP contribution is 2.11. The second kappa shape index (κ2) is 5.24. The van der Waals surface area contributed by atoms with Crippen LogP contribution in [0.1, 0.15) is 18.1 Å². The maximum atomic E-state index is 13.5. The van der Waals surface area contributed by atoms with Gasteiger partial charge in [-0.1, -0.05) is 12.1 Å². The van der Waals surface area contributed by atoms with Crippen LogP contribution < -0.4 is 5.32 Å². The number of rotatable bonds is 4. The van der Waals surface area contributed by atoms with Crippen LogP contribution in [0.25, 0.3) is 0 Å². The molecule has 84 valence electrons. The SMILES string of the molecule is C[C@@H](NCc1cccc(C#N)c1F)C(=O)O. The van der Waals surface area contributed by atoms with E-state index >= 15 is 0 Å². The first-order valence-corrected chi connectivity index (χ1v) is 4.70. The molecule has 0 saturated heterocycles. The van der Waals surface area contributed by atoms with E-state index in [1.54, 1.807) is 12.1 Å². The lowest BCUT2D eigenvalue weighted by Gasteiger charge is -2.09. The van der Waals surface area contributed by atoms with Crippen molar-refractivity contribution in [2.75, 3.05) is 0 Å². The van der Waals surface area contributed by atoms with E-state index in [0.717, 1.165) is 0 Å². The zero-order valence-electron chi connectivity index (χ0n) is 8.70. The lowest BCUT2D eigenvalue weighted by Crippen LogP contribution is -2.33. The van der Waals surface area contributed by atoms with Crippen molar-refractivity contribution in [3.63, 3.8) is 0 Å². The molecule has 1 aromatic rings. The Labute approximate surface area is 92.3 Å². The summed E-state index contributed by atoms with van der Waals surface area (Å²) in [5.74, 6) is -1.60. The second-order valence-corrected chi connectivity index (χ2v) is 3.33. The normalized spacial score (nSPS) is 11.8. The number of nitrogens with zero attached hydrogens (tertiary/aromatic N) is 1. The van der Waals surface area contributed by atoms with Gasteiger partial charge < -0.3 is 10.4 Å². The first-order valence-electron chi connectivity index (χ1n) is 4.70. The summed E-state index contributed by atoms with van der Waals surface area (Å²) in [6, 6.07) is 5.41. The predicted octanol–water partition coefficient (Wildman–Crippen LogP) is 1.26. The molecule has 0 aliphatic rings. The Morgan fingerprint density at radius 2 is 2.38 bits per heavy atom. The Bertz CT molecular complexity index is 440. The Balaban J connectivity index is 2.76. The van der Waals surface area contributed by atoms with Gasteiger partial charge in [0.05, 0.1) is 5.56 Å². The lowest BCUT2D eigenvalue weighted by atomic mass is 10.1. The van der Waals surface area contributed by atoms with Gasteiger partial charge in [0.2, 0.25) is 0 Å².